The zero-order chi connectivity index (χ0) is 18.7. The number of hydrogen-bond donors (Lipinski definition) is 1. The Hall–Kier alpha value is -2.39. The molecule has 0 radical (unpaired) electrons. The summed E-state index contributed by atoms with van der Waals surface area (Å²) in [6.45, 7) is 1.63. The van der Waals surface area contributed by atoms with Crippen LogP contribution in [0.3, 0.4) is 0 Å². The summed E-state index contributed by atoms with van der Waals surface area (Å²) in [6.07, 6.45) is 3.05. The molecule has 2 amide bonds. The molecule has 9 heteroatoms. The van der Waals surface area contributed by atoms with Crippen LogP contribution in [0.5, 0.6) is 5.75 Å². The Kier molecular flexibility index (Phi) is 5.58. The predicted molar refractivity (Wildman–Crippen MR) is 98.1 cm³/mol. The molecule has 1 saturated heterocycles. The van der Waals surface area contributed by atoms with Gasteiger partial charge in [0.1, 0.15) is 11.6 Å². The van der Waals surface area contributed by atoms with E-state index in [1.54, 1.807) is 6.08 Å². The zero-order valence-electron chi connectivity index (χ0n) is 14.5. The molecular weight excluding hydrogens is 359 g/mol. The fourth-order valence-corrected chi connectivity index (χ4v) is 3.32. The summed E-state index contributed by atoms with van der Waals surface area (Å²) in [5.74, 6) is -0.853. The molecule has 26 heavy (non-hydrogen) atoms. The lowest BCUT2D eigenvalue weighted by Crippen LogP contribution is -2.45. The van der Waals surface area contributed by atoms with E-state index < -0.39 is 11.9 Å². The molecule has 0 atom stereocenters. The summed E-state index contributed by atoms with van der Waals surface area (Å²) >= 11 is 1.24. The highest BCUT2D eigenvalue weighted by molar-refractivity contribution is 8.18. The van der Waals surface area contributed by atoms with Gasteiger partial charge in [-0.3, -0.25) is 9.80 Å². The fraction of sp³-hybridized carbons (Fsp3) is 0.353. The molecule has 1 fully saturated rings. The molecule has 2 aliphatic heterocycles. The number of carbonyl (C=O) groups excluding carboxylic acids is 2. The van der Waals surface area contributed by atoms with Crippen molar-refractivity contribution in [1.29, 1.82) is 0 Å². The van der Waals surface area contributed by atoms with Crippen molar-refractivity contribution in [2.75, 3.05) is 27.2 Å². The summed E-state index contributed by atoms with van der Waals surface area (Å²) in [7, 11) is 3.06. The number of nitrogens with one attached hydrogen (secondary N) is 1. The van der Waals surface area contributed by atoms with Crippen LogP contribution in [0.25, 0.3) is 6.08 Å². The highest BCUT2D eigenvalue weighted by atomic mass is 32.2. The van der Waals surface area contributed by atoms with Gasteiger partial charge in [0.25, 0.3) is 5.91 Å². The molecule has 0 aliphatic carbocycles. The topological polar surface area (TPSA) is 74.2 Å². The molecule has 0 spiro atoms. The molecule has 1 aromatic carbocycles. The Bertz CT molecular complexity index is 788. The minimum atomic E-state index is -0.630. The molecule has 0 bridgehead atoms. The van der Waals surface area contributed by atoms with Gasteiger partial charge in [-0.25, -0.2) is 14.6 Å². The highest BCUT2D eigenvalue weighted by Crippen LogP contribution is 2.32. The lowest BCUT2D eigenvalue weighted by Gasteiger charge is -2.28. The van der Waals surface area contributed by atoms with Crippen molar-refractivity contribution in [3.05, 3.63) is 34.5 Å². The Morgan fingerprint density at radius 1 is 1.42 bits per heavy atom. The monoisotopic (exact) mass is 378 g/mol. The maximum absolute atomic E-state index is 13.6. The largest absolute Gasteiger partial charge is 0.414 e. The molecule has 0 saturated carbocycles. The molecular formula is C17H19FN4O3S. The maximum Gasteiger partial charge on any atom is 0.414 e. The van der Waals surface area contributed by atoms with Gasteiger partial charge < -0.3 is 9.64 Å². The summed E-state index contributed by atoms with van der Waals surface area (Å²) < 4.78 is 18.8. The van der Waals surface area contributed by atoms with Crippen molar-refractivity contribution in [2.24, 2.45) is 4.99 Å². The third kappa shape index (κ3) is 4.23. The van der Waals surface area contributed by atoms with E-state index in [1.165, 1.54) is 42.9 Å². The maximum atomic E-state index is 13.6. The number of hydrazine groups is 1. The van der Waals surface area contributed by atoms with E-state index >= 15 is 0 Å². The van der Waals surface area contributed by atoms with Crippen molar-refractivity contribution in [1.82, 2.24) is 15.3 Å². The van der Waals surface area contributed by atoms with E-state index in [0.717, 1.165) is 32.0 Å². The quantitative estimate of drug-likeness (QED) is 0.797. The first-order valence-electron chi connectivity index (χ1n) is 8.16. The number of benzene rings is 1. The average Bonchev–Trinajstić information content (AvgIpc) is 2.98. The SMILES string of the molecule is CN(C)C(=O)Oc1cc(F)ccc1/C=C1/SC(N2CCCCN2)=NC1=O. The van der Waals surface area contributed by atoms with Gasteiger partial charge in [0.15, 0.2) is 5.17 Å². The van der Waals surface area contributed by atoms with Crippen LogP contribution in [0.15, 0.2) is 28.1 Å². The van der Waals surface area contributed by atoms with Crippen LogP contribution < -0.4 is 10.2 Å². The molecule has 138 valence electrons. The van der Waals surface area contributed by atoms with Gasteiger partial charge in [-0.2, -0.15) is 4.99 Å². The van der Waals surface area contributed by atoms with E-state index in [-0.39, 0.29) is 11.7 Å². The van der Waals surface area contributed by atoms with Crippen LogP contribution in [0, 0.1) is 5.82 Å². The van der Waals surface area contributed by atoms with Crippen LogP contribution in [-0.4, -0.2) is 54.3 Å². The number of ether oxygens (including phenoxy) is 1. The second kappa shape index (κ2) is 7.88. The standard InChI is InChI=1S/C17H19FN4O3S/c1-21(2)17(24)25-13-10-12(18)6-5-11(13)9-14-15(23)20-16(26-14)22-8-4-3-7-19-22/h5-6,9-10,19H,3-4,7-8H2,1-2H3/b14-9+. The minimum Gasteiger partial charge on any atom is -0.409 e. The van der Waals surface area contributed by atoms with E-state index in [9.17, 15) is 14.0 Å². The Morgan fingerprint density at radius 2 is 2.23 bits per heavy atom. The molecule has 1 aromatic rings. The van der Waals surface area contributed by atoms with Crippen LogP contribution in [0.4, 0.5) is 9.18 Å². The van der Waals surface area contributed by atoms with E-state index in [1.807, 2.05) is 5.01 Å². The average molecular weight is 378 g/mol. The van der Waals surface area contributed by atoms with Gasteiger partial charge in [0.05, 0.1) is 4.91 Å². The second-order valence-electron chi connectivity index (χ2n) is 6.02. The van der Waals surface area contributed by atoms with Gasteiger partial charge in [0.2, 0.25) is 0 Å². The first kappa shape index (κ1) is 18.4. The van der Waals surface area contributed by atoms with Crippen molar-refractivity contribution in [3.63, 3.8) is 0 Å². The molecule has 2 heterocycles. The van der Waals surface area contributed by atoms with Crippen LogP contribution in [0.1, 0.15) is 18.4 Å². The lowest BCUT2D eigenvalue weighted by atomic mass is 10.2. The van der Waals surface area contributed by atoms with E-state index in [2.05, 4.69) is 10.4 Å². The van der Waals surface area contributed by atoms with Crippen molar-refractivity contribution < 1.29 is 18.7 Å². The molecule has 3 rings (SSSR count). The molecule has 2 aliphatic rings. The van der Waals surface area contributed by atoms with Gasteiger partial charge in [-0.1, -0.05) is 0 Å². The van der Waals surface area contributed by atoms with Gasteiger partial charge in [0, 0.05) is 38.8 Å². The first-order valence-corrected chi connectivity index (χ1v) is 8.98. The highest BCUT2D eigenvalue weighted by Gasteiger charge is 2.27. The predicted octanol–water partition coefficient (Wildman–Crippen LogP) is 2.46. The number of thioether (sulfide) groups is 1. The van der Waals surface area contributed by atoms with E-state index in [0.29, 0.717) is 15.6 Å². The summed E-state index contributed by atoms with van der Waals surface area (Å²) in [5.41, 5.74) is 3.63. The summed E-state index contributed by atoms with van der Waals surface area (Å²) in [6, 6.07) is 3.83. The van der Waals surface area contributed by atoms with Crippen LogP contribution >= 0.6 is 11.8 Å². The zero-order valence-corrected chi connectivity index (χ0v) is 15.3. The van der Waals surface area contributed by atoms with Crippen LogP contribution in [-0.2, 0) is 4.79 Å². The number of halogens is 1. The van der Waals surface area contributed by atoms with Crippen LogP contribution in [0.2, 0.25) is 0 Å². The molecule has 7 nitrogen and oxygen atoms in total. The lowest BCUT2D eigenvalue weighted by molar-refractivity contribution is -0.113. The fourth-order valence-electron chi connectivity index (χ4n) is 2.41. The molecule has 1 N–H and O–H groups in total. The van der Waals surface area contributed by atoms with Crippen molar-refractivity contribution >= 4 is 35.0 Å². The molecule has 0 aromatic heterocycles. The Labute approximate surface area is 154 Å². The summed E-state index contributed by atoms with van der Waals surface area (Å²) in [5, 5.41) is 2.46. The minimum absolute atomic E-state index is 0.0501. The first-order chi connectivity index (χ1) is 12.4. The normalized spacial score (nSPS) is 18.9. The third-order valence-corrected chi connectivity index (χ3v) is 4.78. The van der Waals surface area contributed by atoms with Gasteiger partial charge in [-0.05, 0) is 42.8 Å². The van der Waals surface area contributed by atoms with Gasteiger partial charge >= 0.3 is 6.09 Å². The molecule has 0 unspecified atom stereocenters. The van der Waals surface area contributed by atoms with Crippen molar-refractivity contribution in [2.45, 2.75) is 12.8 Å². The number of nitrogens with zero attached hydrogens (tertiary/aromatic N) is 3. The number of amidine groups is 1. The number of amides is 2. The van der Waals surface area contributed by atoms with Crippen molar-refractivity contribution in [3.8, 4) is 5.75 Å². The smallest absolute Gasteiger partial charge is 0.409 e. The number of carbonyl (C=O) groups is 2. The number of aliphatic imine (C=N–C) groups is 1. The number of rotatable bonds is 2. The summed E-state index contributed by atoms with van der Waals surface area (Å²) in [4.78, 5) is 29.7. The second-order valence-corrected chi connectivity index (χ2v) is 7.03. The van der Waals surface area contributed by atoms with Gasteiger partial charge in [-0.15, -0.1) is 0 Å². The number of hydrogen-bond acceptors (Lipinski definition) is 6. The Morgan fingerprint density at radius 3 is 2.92 bits per heavy atom. The van der Waals surface area contributed by atoms with E-state index in [4.69, 9.17) is 4.74 Å². The third-order valence-electron chi connectivity index (χ3n) is 3.78. The Balaban J connectivity index is 1.81.